The van der Waals surface area contributed by atoms with Gasteiger partial charge in [-0.3, -0.25) is 9.78 Å². The molecule has 0 atom stereocenters. The number of aromatic nitrogens is 3. The van der Waals surface area contributed by atoms with E-state index in [0.29, 0.717) is 11.5 Å². The summed E-state index contributed by atoms with van der Waals surface area (Å²) in [5, 5.41) is 0. The molecule has 1 fully saturated rings. The number of ether oxygens (including phenoxy) is 1. The van der Waals surface area contributed by atoms with Gasteiger partial charge in [-0.05, 0) is 26.0 Å². The second-order valence-corrected chi connectivity index (χ2v) is 5.71. The summed E-state index contributed by atoms with van der Waals surface area (Å²) in [6, 6.07) is 3.75. The predicted octanol–water partition coefficient (Wildman–Crippen LogP) is 2.43. The fourth-order valence-electron chi connectivity index (χ4n) is 2.74. The van der Waals surface area contributed by atoms with Crippen molar-refractivity contribution < 1.29 is 9.53 Å². The van der Waals surface area contributed by atoms with E-state index in [4.69, 9.17) is 4.74 Å². The lowest BCUT2D eigenvalue weighted by Gasteiger charge is -2.32. The number of hydrogen-bond acceptors (Lipinski definition) is 6. The van der Waals surface area contributed by atoms with Crippen molar-refractivity contribution in [2.45, 2.75) is 32.8 Å². The van der Waals surface area contributed by atoms with Crippen molar-refractivity contribution in [3.8, 4) is 5.75 Å². The first kappa shape index (κ1) is 15.4. The zero-order valence-corrected chi connectivity index (χ0v) is 13.4. The molecule has 1 saturated heterocycles. The fraction of sp³-hybridized carbons (Fsp3) is 0.412. The second-order valence-electron chi connectivity index (χ2n) is 5.71. The van der Waals surface area contributed by atoms with Crippen molar-refractivity contribution in [3.05, 3.63) is 42.0 Å². The number of piperidine rings is 1. The lowest BCUT2D eigenvalue weighted by atomic mass is 10.1. The number of ketones is 1. The Kier molecular flexibility index (Phi) is 4.50. The number of anilines is 1. The van der Waals surface area contributed by atoms with Crippen molar-refractivity contribution in [2.24, 2.45) is 0 Å². The quantitative estimate of drug-likeness (QED) is 0.808. The van der Waals surface area contributed by atoms with Crippen LogP contribution in [0, 0.1) is 6.92 Å². The molecule has 0 radical (unpaired) electrons. The number of pyridine rings is 1. The van der Waals surface area contributed by atoms with Crippen LogP contribution in [0.1, 0.15) is 35.8 Å². The highest BCUT2D eigenvalue weighted by molar-refractivity contribution is 5.94. The highest BCUT2D eigenvalue weighted by Crippen LogP contribution is 2.21. The molecule has 3 rings (SSSR count). The molecule has 6 nitrogen and oxygen atoms in total. The molecule has 120 valence electrons. The molecule has 6 heteroatoms. The first-order valence-electron chi connectivity index (χ1n) is 7.79. The van der Waals surface area contributed by atoms with Gasteiger partial charge in [-0.2, -0.15) is 0 Å². The Hall–Kier alpha value is -2.50. The van der Waals surface area contributed by atoms with Gasteiger partial charge in [0.2, 0.25) is 5.95 Å². The molecule has 1 aliphatic heterocycles. The van der Waals surface area contributed by atoms with Gasteiger partial charge in [-0.25, -0.2) is 9.97 Å². The first-order chi connectivity index (χ1) is 11.1. The standard InChI is InChI=1S/C17H20N4O2/c1-12-16(13(2)22)11-19-17(20-12)21-9-5-15(6-10-21)23-14-3-7-18-8-4-14/h3-4,7-8,11,15H,5-6,9-10H2,1-2H3. The molecule has 0 bridgehead atoms. The maximum Gasteiger partial charge on any atom is 0.225 e. The van der Waals surface area contributed by atoms with Crippen molar-refractivity contribution in [2.75, 3.05) is 18.0 Å². The molecular weight excluding hydrogens is 292 g/mol. The topological polar surface area (TPSA) is 68.2 Å². The minimum absolute atomic E-state index is 0.00138. The third kappa shape index (κ3) is 3.64. The molecule has 1 aliphatic rings. The van der Waals surface area contributed by atoms with E-state index >= 15 is 0 Å². The number of hydrogen-bond donors (Lipinski definition) is 0. The number of Topliss-reactive ketones (excluding diaryl/α,β-unsaturated/α-hetero) is 1. The molecule has 0 N–H and O–H groups in total. The zero-order chi connectivity index (χ0) is 16.2. The molecule has 2 aromatic heterocycles. The number of nitrogens with zero attached hydrogens (tertiary/aromatic N) is 4. The summed E-state index contributed by atoms with van der Waals surface area (Å²) in [5.41, 5.74) is 1.32. The number of carbonyl (C=O) groups excluding carboxylic acids is 1. The SMILES string of the molecule is CC(=O)c1cnc(N2CCC(Oc3ccncc3)CC2)nc1C. The van der Waals surface area contributed by atoms with Gasteiger partial charge in [0.05, 0.1) is 11.3 Å². The lowest BCUT2D eigenvalue weighted by Crippen LogP contribution is -2.39. The summed E-state index contributed by atoms with van der Waals surface area (Å²) in [4.78, 5) is 26.4. The Bertz CT molecular complexity index is 682. The minimum Gasteiger partial charge on any atom is -0.490 e. The van der Waals surface area contributed by atoms with Crippen molar-refractivity contribution in [3.63, 3.8) is 0 Å². The van der Waals surface area contributed by atoms with Crippen LogP contribution in [0.25, 0.3) is 0 Å². The van der Waals surface area contributed by atoms with Crippen molar-refractivity contribution in [1.29, 1.82) is 0 Å². The van der Waals surface area contributed by atoms with Gasteiger partial charge in [0.15, 0.2) is 5.78 Å². The van der Waals surface area contributed by atoms with Crippen LogP contribution in [0.4, 0.5) is 5.95 Å². The van der Waals surface area contributed by atoms with E-state index in [-0.39, 0.29) is 11.9 Å². The molecule has 0 aromatic carbocycles. The highest BCUT2D eigenvalue weighted by atomic mass is 16.5. The summed E-state index contributed by atoms with van der Waals surface area (Å²) in [7, 11) is 0. The van der Waals surface area contributed by atoms with Crippen molar-refractivity contribution in [1.82, 2.24) is 15.0 Å². The number of carbonyl (C=O) groups is 1. The molecular formula is C17H20N4O2. The maximum atomic E-state index is 11.5. The predicted molar refractivity (Wildman–Crippen MR) is 86.9 cm³/mol. The van der Waals surface area contributed by atoms with Gasteiger partial charge >= 0.3 is 0 Å². The van der Waals surface area contributed by atoms with E-state index in [1.54, 1.807) is 18.6 Å². The Balaban J connectivity index is 1.60. The number of rotatable bonds is 4. The van der Waals surface area contributed by atoms with E-state index in [2.05, 4.69) is 19.9 Å². The summed E-state index contributed by atoms with van der Waals surface area (Å²) in [6.07, 6.45) is 7.12. The Labute approximate surface area is 135 Å². The maximum absolute atomic E-state index is 11.5. The largest absolute Gasteiger partial charge is 0.490 e. The van der Waals surface area contributed by atoms with Crippen LogP contribution in [0.2, 0.25) is 0 Å². The molecule has 0 spiro atoms. The van der Waals surface area contributed by atoms with E-state index < -0.39 is 0 Å². The average molecular weight is 312 g/mol. The molecule has 0 saturated carbocycles. The van der Waals surface area contributed by atoms with E-state index in [9.17, 15) is 4.79 Å². The van der Waals surface area contributed by atoms with E-state index in [1.807, 2.05) is 19.1 Å². The third-order valence-electron chi connectivity index (χ3n) is 4.02. The second kappa shape index (κ2) is 6.73. The van der Waals surface area contributed by atoms with Gasteiger partial charge in [0, 0.05) is 44.5 Å². The lowest BCUT2D eigenvalue weighted by molar-refractivity contribution is 0.101. The Morgan fingerprint density at radius 2 is 1.96 bits per heavy atom. The average Bonchev–Trinajstić information content (AvgIpc) is 2.56. The molecule has 0 aliphatic carbocycles. The minimum atomic E-state index is -0.00138. The smallest absolute Gasteiger partial charge is 0.225 e. The highest BCUT2D eigenvalue weighted by Gasteiger charge is 2.22. The Morgan fingerprint density at radius 3 is 2.57 bits per heavy atom. The van der Waals surface area contributed by atoms with Crippen LogP contribution in [0.3, 0.4) is 0 Å². The fourth-order valence-corrected chi connectivity index (χ4v) is 2.74. The summed E-state index contributed by atoms with van der Waals surface area (Å²) in [6.45, 7) is 5.07. The van der Waals surface area contributed by atoms with E-state index in [1.165, 1.54) is 6.92 Å². The van der Waals surface area contributed by atoms with Crippen LogP contribution in [-0.4, -0.2) is 39.9 Å². The monoisotopic (exact) mass is 312 g/mol. The summed E-state index contributed by atoms with van der Waals surface area (Å²) in [5.74, 6) is 1.55. The zero-order valence-electron chi connectivity index (χ0n) is 13.4. The molecule has 0 amide bonds. The van der Waals surface area contributed by atoms with Crippen molar-refractivity contribution >= 4 is 11.7 Å². The summed E-state index contributed by atoms with van der Waals surface area (Å²) < 4.78 is 5.96. The Morgan fingerprint density at radius 1 is 1.26 bits per heavy atom. The molecule has 3 heterocycles. The first-order valence-corrected chi connectivity index (χ1v) is 7.79. The normalized spacial score (nSPS) is 15.5. The summed E-state index contributed by atoms with van der Waals surface area (Å²) >= 11 is 0. The van der Waals surface area contributed by atoms with Gasteiger partial charge in [0.25, 0.3) is 0 Å². The molecule has 0 unspecified atom stereocenters. The van der Waals surface area contributed by atoms with Crippen LogP contribution in [-0.2, 0) is 0 Å². The van der Waals surface area contributed by atoms with Crippen LogP contribution in [0.15, 0.2) is 30.7 Å². The van der Waals surface area contributed by atoms with Gasteiger partial charge in [-0.1, -0.05) is 0 Å². The van der Waals surface area contributed by atoms with Gasteiger partial charge < -0.3 is 9.64 Å². The van der Waals surface area contributed by atoms with Gasteiger partial charge in [-0.15, -0.1) is 0 Å². The van der Waals surface area contributed by atoms with Crippen LogP contribution < -0.4 is 9.64 Å². The third-order valence-corrected chi connectivity index (χ3v) is 4.02. The molecule has 23 heavy (non-hydrogen) atoms. The number of aryl methyl sites for hydroxylation is 1. The van der Waals surface area contributed by atoms with Crippen LogP contribution >= 0.6 is 0 Å². The molecule has 2 aromatic rings. The van der Waals surface area contributed by atoms with Crippen LogP contribution in [0.5, 0.6) is 5.75 Å². The van der Waals surface area contributed by atoms with E-state index in [0.717, 1.165) is 37.4 Å². The van der Waals surface area contributed by atoms with Gasteiger partial charge in [0.1, 0.15) is 11.9 Å².